The Morgan fingerprint density at radius 1 is 1.50 bits per heavy atom. The molecule has 1 saturated heterocycles. The van der Waals surface area contributed by atoms with Gasteiger partial charge in [-0.05, 0) is 25.6 Å². The number of nitro groups is 1. The number of piperazine rings is 1. The Morgan fingerprint density at radius 2 is 2.25 bits per heavy atom. The van der Waals surface area contributed by atoms with Gasteiger partial charge in [0.2, 0.25) is 0 Å². The number of nitro benzene ring substituents is 1. The van der Waals surface area contributed by atoms with Crippen molar-refractivity contribution in [3.05, 3.63) is 33.9 Å². The Balaban J connectivity index is 2.24. The van der Waals surface area contributed by atoms with Crippen LogP contribution in [0.3, 0.4) is 0 Å². The molecule has 0 saturated carbocycles. The van der Waals surface area contributed by atoms with Gasteiger partial charge in [-0.15, -0.1) is 0 Å². The van der Waals surface area contributed by atoms with Crippen LogP contribution < -0.4 is 4.90 Å². The Morgan fingerprint density at radius 3 is 2.80 bits per heavy atom. The summed E-state index contributed by atoms with van der Waals surface area (Å²) in [6.45, 7) is 7.96. The van der Waals surface area contributed by atoms with E-state index in [0.717, 1.165) is 31.9 Å². The maximum atomic E-state index is 11.0. The molecule has 0 N–H and O–H groups in total. The zero-order valence-electron chi connectivity index (χ0n) is 11.7. The zero-order chi connectivity index (χ0) is 14.7. The van der Waals surface area contributed by atoms with E-state index in [9.17, 15) is 10.1 Å². The van der Waals surface area contributed by atoms with E-state index in [1.54, 1.807) is 6.07 Å². The van der Waals surface area contributed by atoms with Crippen LogP contribution in [0.4, 0.5) is 11.4 Å². The van der Waals surface area contributed by atoms with Gasteiger partial charge in [-0.1, -0.05) is 6.92 Å². The van der Waals surface area contributed by atoms with Crippen molar-refractivity contribution < 1.29 is 4.92 Å². The second-order valence-corrected chi connectivity index (χ2v) is 4.99. The van der Waals surface area contributed by atoms with Crippen molar-refractivity contribution in [1.82, 2.24) is 4.90 Å². The average molecular weight is 274 g/mol. The predicted molar refractivity (Wildman–Crippen MR) is 76.7 cm³/mol. The monoisotopic (exact) mass is 274 g/mol. The summed E-state index contributed by atoms with van der Waals surface area (Å²) in [5.74, 6) is 0. The van der Waals surface area contributed by atoms with Gasteiger partial charge in [0.1, 0.15) is 11.6 Å². The fourth-order valence-corrected chi connectivity index (χ4v) is 2.66. The number of anilines is 1. The predicted octanol–water partition coefficient (Wildman–Crippen LogP) is 2.00. The van der Waals surface area contributed by atoms with E-state index in [4.69, 9.17) is 5.26 Å². The van der Waals surface area contributed by atoms with Crippen molar-refractivity contribution in [3.8, 4) is 6.07 Å². The highest BCUT2D eigenvalue weighted by Gasteiger charge is 2.24. The molecule has 20 heavy (non-hydrogen) atoms. The highest BCUT2D eigenvalue weighted by Crippen LogP contribution is 2.26. The van der Waals surface area contributed by atoms with Crippen LogP contribution in [0.25, 0.3) is 0 Å². The Bertz CT molecular complexity index is 553. The molecule has 0 aromatic heterocycles. The normalized spacial score (nSPS) is 19.6. The van der Waals surface area contributed by atoms with Gasteiger partial charge in [-0.3, -0.25) is 15.0 Å². The minimum atomic E-state index is -0.492. The molecule has 0 bridgehead atoms. The number of benzene rings is 1. The first-order chi connectivity index (χ1) is 9.56. The van der Waals surface area contributed by atoms with E-state index in [-0.39, 0.29) is 11.3 Å². The van der Waals surface area contributed by atoms with Gasteiger partial charge in [-0.2, -0.15) is 5.26 Å². The van der Waals surface area contributed by atoms with E-state index >= 15 is 0 Å². The standard InChI is InChI=1S/C14H18N4O2/c1-3-16-6-7-17(10-11(16)2)13-5-4-12(9-15)14(8-13)18(19)20/h4-5,8,11H,3,6-7,10H2,1-2H3. The molecule has 0 amide bonds. The van der Waals surface area contributed by atoms with Crippen LogP contribution in [-0.4, -0.2) is 42.0 Å². The van der Waals surface area contributed by atoms with Gasteiger partial charge in [0.25, 0.3) is 5.69 Å². The van der Waals surface area contributed by atoms with E-state index in [1.165, 1.54) is 12.1 Å². The molecule has 0 aliphatic carbocycles. The van der Waals surface area contributed by atoms with Crippen molar-refractivity contribution in [1.29, 1.82) is 5.26 Å². The number of nitrogens with zero attached hydrogens (tertiary/aromatic N) is 4. The highest BCUT2D eigenvalue weighted by atomic mass is 16.6. The summed E-state index contributed by atoms with van der Waals surface area (Å²) in [7, 11) is 0. The zero-order valence-corrected chi connectivity index (χ0v) is 11.7. The molecule has 1 aliphatic heterocycles. The van der Waals surface area contributed by atoms with Crippen LogP contribution in [0.15, 0.2) is 18.2 Å². The lowest BCUT2D eigenvalue weighted by atomic mass is 10.1. The average Bonchev–Trinajstić information content (AvgIpc) is 2.46. The highest BCUT2D eigenvalue weighted by molar-refractivity contribution is 5.60. The summed E-state index contributed by atoms with van der Waals surface area (Å²) < 4.78 is 0. The van der Waals surface area contributed by atoms with Gasteiger partial charge < -0.3 is 4.90 Å². The first kappa shape index (κ1) is 14.3. The van der Waals surface area contributed by atoms with Crippen LogP contribution in [0.5, 0.6) is 0 Å². The summed E-state index contributed by atoms with van der Waals surface area (Å²) >= 11 is 0. The minimum absolute atomic E-state index is 0.110. The maximum Gasteiger partial charge on any atom is 0.289 e. The smallest absolute Gasteiger partial charge is 0.289 e. The summed E-state index contributed by atoms with van der Waals surface area (Å²) in [6.07, 6.45) is 0. The molecular weight excluding hydrogens is 256 g/mol. The molecule has 1 unspecified atom stereocenters. The largest absolute Gasteiger partial charge is 0.368 e. The van der Waals surface area contributed by atoms with Gasteiger partial charge >= 0.3 is 0 Å². The fraction of sp³-hybridized carbons (Fsp3) is 0.500. The third-order valence-corrected chi connectivity index (χ3v) is 3.83. The Labute approximate surface area is 118 Å². The lowest BCUT2D eigenvalue weighted by Gasteiger charge is -2.40. The lowest BCUT2D eigenvalue weighted by Crippen LogP contribution is -2.51. The van der Waals surface area contributed by atoms with E-state index in [0.29, 0.717) is 6.04 Å². The summed E-state index contributed by atoms with van der Waals surface area (Å²) in [5.41, 5.74) is 0.813. The third-order valence-electron chi connectivity index (χ3n) is 3.83. The van der Waals surface area contributed by atoms with Crippen molar-refractivity contribution in [2.24, 2.45) is 0 Å². The van der Waals surface area contributed by atoms with Crippen molar-refractivity contribution >= 4 is 11.4 Å². The molecular formula is C14H18N4O2. The molecule has 1 aromatic carbocycles. The SMILES string of the molecule is CCN1CCN(c2ccc(C#N)c([N+](=O)[O-])c2)CC1C. The van der Waals surface area contributed by atoms with Gasteiger partial charge in [0, 0.05) is 37.4 Å². The van der Waals surface area contributed by atoms with Crippen molar-refractivity contribution in [2.75, 3.05) is 31.1 Å². The Hall–Kier alpha value is -2.13. The first-order valence-corrected chi connectivity index (χ1v) is 6.74. The molecule has 1 fully saturated rings. The minimum Gasteiger partial charge on any atom is -0.368 e. The molecule has 0 radical (unpaired) electrons. The maximum absolute atomic E-state index is 11.0. The van der Waals surface area contributed by atoms with Gasteiger partial charge in [0.05, 0.1) is 4.92 Å². The van der Waals surface area contributed by atoms with E-state index in [1.807, 2.05) is 6.07 Å². The Kier molecular flexibility index (Phi) is 4.20. The van der Waals surface area contributed by atoms with Crippen LogP contribution >= 0.6 is 0 Å². The van der Waals surface area contributed by atoms with E-state index in [2.05, 4.69) is 23.6 Å². The summed E-state index contributed by atoms with van der Waals surface area (Å²) in [4.78, 5) is 15.0. The topological polar surface area (TPSA) is 73.4 Å². The van der Waals surface area contributed by atoms with Crippen molar-refractivity contribution in [2.45, 2.75) is 19.9 Å². The molecule has 6 heteroatoms. The number of hydrogen-bond donors (Lipinski definition) is 0. The molecule has 106 valence electrons. The molecule has 0 spiro atoms. The third kappa shape index (κ3) is 2.73. The molecule has 6 nitrogen and oxygen atoms in total. The van der Waals surface area contributed by atoms with Crippen LogP contribution in [0.2, 0.25) is 0 Å². The summed E-state index contributed by atoms with van der Waals surface area (Å²) in [5, 5.41) is 19.9. The molecule has 1 aliphatic rings. The number of nitriles is 1. The van der Waals surface area contributed by atoms with E-state index < -0.39 is 4.92 Å². The first-order valence-electron chi connectivity index (χ1n) is 6.74. The molecule has 1 aromatic rings. The van der Waals surface area contributed by atoms with Gasteiger partial charge in [0.15, 0.2) is 0 Å². The quantitative estimate of drug-likeness (QED) is 0.622. The van der Waals surface area contributed by atoms with Crippen LogP contribution in [-0.2, 0) is 0 Å². The van der Waals surface area contributed by atoms with Crippen LogP contribution in [0, 0.1) is 21.4 Å². The fourth-order valence-electron chi connectivity index (χ4n) is 2.66. The van der Waals surface area contributed by atoms with Crippen molar-refractivity contribution in [3.63, 3.8) is 0 Å². The molecule has 1 atom stereocenters. The van der Waals surface area contributed by atoms with Gasteiger partial charge in [-0.25, -0.2) is 0 Å². The molecule has 1 heterocycles. The summed E-state index contributed by atoms with van der Waals surface area (Å²) in [6, 6.07) is 7.11. The molecule has 2 rings (SSSR count). The number of rotatable bonds is 3. The number of hydrogen-bond acceptors (Lipinski definition) is 5. The van der Waals surface area contributed by atoms with Crippen LogP contribution in [0.1, 0.15) is 19.4 Å². The number of likely N-dealkylation sites (N-methyl/N-ethyl adjacent to an activating group) is 1. The second-order valence-electron chi connectivity index (χ2n) is 4.99. The lowest BCUT2D eigenvalue weighted by molar-refractivity contribution is -0.385. The second kappa shape index (κ2) is 5.88.